The van der Waals surface area contributed by atoms with E-state index < -0.39 is 10.2 Å². The van der Waals surface area contributed by atoms with Gasteiger partial charge >= 0.3 is 0 Å². The molecule has 98 valence electrons. The third-order valence-corrected chi connectivity index (χ3v) is 4.85. The fraction of sp³-hybridized carbons (Fsp3) is 0.900. The molecule has 1 aliphatic heterocycles. The molecule has 0 aromatic rings. The summed E-state index contributed by atoms with van der Waals surface area (Å²) in [4.78, 5) is 0. The monoisotopic (exact) mass is 261 g/mol. The quantitative estimate of drug-likeness (QED) is 0.724. The van der Waals surface area contributed by atoms with E-state index in [4.69, 9.17) is 10.00 Å². The van der Waals surface area contributed by atoms with Crippen LogP contribution in [0.3, 0.4) is 0 Å². The van der Waals surface area contributed by atoms with Gasteiger partial charge in [-0.1, -0.05) is 0 Å². The fourth-order valence-corrected chi connectivity index (χ4v) is 3.29. The molecule has 7 heteroatoms. The molecule has 0 N–H and O–H groups in total. The molecule has 1 fully saturated rings. The standard InChI is InChI=1S/C10H19N3O3S/c1-9-8-16-10(2)7-13(9)17(14,15)12(3)6-4-5-11/h9-10H,4,6-8H2,1-3H3. The van der Waals surface area contributed by atoms with Gasteiger partial charge in [0.15, 0.2) is 0 Å². The van der Waals surface area contributed by atoms with E-state index in [0.717, 1.165) is 0 Å². The molecule has 6 nitrogen and oxygen atoms in total. The first-order valence-electron chi connectivity index (χ1n) is 5.61. The van der Waals surface area contributed by atoms with Crippen LogP contribution >= 0.6 is 0 Å². The highest BCUT2D eigenvalue weighted by Crippen LogP contribution is 2.18. The highest BCUT2D eigenvalue weighted by Gasteiger charge is 2.35. The smallest absolute Gasteiger partial charge is 0.282 e. The summed E-state index contributed by atoms with van der Waals surface area (Å²) < 4.78 is 32.5. The van der Waals surface area contributed by atoms with Crippen LogP contribution in [0, 0.1) is 11.3 Å². The first-order valence-corrected chi connectivity index (χ1v) is 7.01. The fourth-order valence-electron chi connectivity index (χ4n) is 1.70. The Morgan fingerprint density at radius 3 is 2.76 bits per heavy atom. The summed E-state index contributed by atoms with van der Waals surface area (Å²) in [5.41, 5.74) is 0. The summed E-state index contributed by atoms with van der Waals surface area (Å²) in [6.45, 7) is 4.66. The molecule has 0 aromatic heterocycles. The average Bonchev–Trinajstić information content (AvgIpc) is 2.28. The Labute approximate surface area is 103 Å². The van der Waals surface area contributed by atoms with Gasteiger partial charge in [0, 0.05) is 32.6 Å². The third-order valence-electron chi connectivity index (χ3n) is 2.78. The van der Waals surface area contributed by atoms with Gasteiger partial charge in [-0.25, -0.2) is 0 Å². The number of nitriles is 1. The molecule has 0 bridgehead atoms. The van der Waals surface area contributed by atoms with Crippen LogP contribution in [0.4, 0.5) is 0 Å². The molecule has 0 spiro atoms. The van der Waals surface area contributed by atoms with Crippen LogP contribution in [0.15, 0.2) is 0 Å². The normalized spacial score (nSPS) is 27.0. The molecule has 0 amide bonds. The molecular weight excluding hydrogens is 242 g/mol. The summed E-state index contributed by atoms with van der Waals surface area (Å²) in [6, 6.07) is 1.78. The van der Waals surface area contributed by atoms with Crippen LogP contribution in [0.25, 0.3) is 0 Å². The summed E-state index contributed by atoms with van der Waals surface area (Å²) in [6.07, 6.45) is 0.106. The van der Waals surface area contributed by atoms with Gasteiger partial charge in [-0.15, -0.1) is 0 Å². The summed E-state index contributed by atoms with van der Waals surface area (Å²) in [5, 5.41) is 8.48. The van der Waals surface area contributed by atoms with Crippen molar-refractivity contribution in [2.45, 2.75) is 32.4 Å². The van der Waals surface area contributed by atoms with E-state index in [2.05, 4.69) is 0 Å². The zero-order valence-electron chi connectivity index (χ0n) is 10.5. The number of rotatable bonds is 4. The summed E-state index contributed by atoms with van der Waals surface area (Å²) in [5.74, 6) is 0. The van der Waals surface area contributed by atoms with Gasteiger partial charge in [-0.2, -0.15) is 22.3 Å². The van der Waals surface area contributed by atoms with Crippen molar-refractivity contribution in [2.24, 2.45) is 0 Å². The van der Waals surface area contributed by atoms with E-state index in [9.17, 15) is 8.42 Å². The number of ether oxygens (including phenoxy) is 1. The second-order valence-electron chi connectivity index (χ2n) is 4.30. The molecule has 17 heavy (non-hydrogen) atoms. The van der Waals surface area contributed by atoms with Crippen LogP contribution in [0.5, 0.6) is 0 Å². The topological polar surface area (TPSA) is 73.6 Å². The van der Waals surface area contributed by atoms with Gasteiger partial charge in [0.1, 0.15) is 0 Å². The first-order chi connectivity index (χ1) is 7.89. The minimum absolute atomic E-state index is 0.0923. The molecule has 0 aliphatic carbocycles. The van der Waals surface area contributed by atoms with Gasteiger partial charge in [0.05, 0.1) is 18.8 Å². The molecule has 1 heterocycles. The van der Waals surface area contributed by atoms with Gasteiger partial charge in [0.25, 0.3) is 10.2 Å². The maximum atomic E-state index is 12.2. The molecule has 0 radical (unpaired) electrons. The minimum Gasteiger partial charge on any atom is -0.375 e. The van der Waals surface area contributed by atoms with Gasteiger partial charge < -0.3 is 4.74 Å². The van der Waals surface area contributed by atoms with Crippen molar-refractivity contribution in [1.29, 1.82) is 5.26 Å². The predicted molar refractivity (Wildman–Crippen MR) is 63.4 cm³/mol. The van der Waals surface area contributed by atoms with Crippen molar-refractivity contribution in [2.75, 3.05) is 26.7 Å². The van der Waals surface area contributed by atoms with E-state index >= 15 is 0 Å². The SMILES string of the molecule is CC1CN(S(=O)(=O)N(C)CCC#N)C(C)CO1. The van der Waals surface area contributed by atoms with E-state index in [0.29, 0.717) is 13.2 Å². The lowest BCUT2D eigenvalue weighted by molar-refractivity contribution is -0.0187. The maximum Gasteiger partial charge on any atom is 0.282 e. The predicted octanol–water partition coefficient (Wildman–Crippen LogP) is 0.186. The summed E-state index contributed by atoms with van der Waals surface area (Å²) in [7, 11) is -1.98. The van der Waals surface area contributed by atoms with Crippen LogP contribution in [0.1, 0.15) is 20.3 Å². The van der Waals surface area contributed by atoms with Crippen LogP contribution in [-0.2, 0) is 14.9 Å². The lowest BCUT2D eigenvalue weighted by Gasteiger charge is -2.37. The highest BCUT2D eigenvalue weighted by molar-refractivity contribution is 7.86. The highest BCUT2D eigenvalue weighted by atomic mass is 32.2. The van der Waals surface area contributed by atoms with E-state index in [1.807, 2.05) is 19.9 Å². The number of hydrogen-bond donors (Lipinski definition) is 0. The molecular formula is C10H19N3O3S. The molecule has 1 aliphatic rings. The Balaban J connectivity index is 2.78. The third kappa shape index (κ3) is 3.39. The Bertz CT molecular complexity index is 390. The zero-order valence-corrected chi connectivity index (χ0v) is 11.3. The lowest BCUT2D eigenvalue weighted by Crippen LogP contribution is -2.54. The summed E-state index contributed by atoms with van der Waals surface area (Å²) >= 11 is 0. The van der Waals surface area contributed by atoms with Crippen molar-refractivity contribution in [3.05, 3.63) is 0 Å². The van der Waals surface area contributed by atoms with E-state index in [-0.39, 0.29) is 25.1 Å². The van der Waals surface area contributed by atoms with Crippen molar-refractivity contribution < 1.29 is 13.2 Å². The minimum atomic E-state index is -3.48. The van der Waals surface area contributed by atoms with Crippen molar-refractivity contribution in [3.63, 3.8) is 0 Å². The Hall–Kier alpha value is -0.680. The number of hydrogen-bond acceptors (Lipinski definition) is 4. The van der Waals surface area contributed by atoms with Crippen molar-refractivity contribution in [1.82, 2.24) is 8.61 Å². The zero-order chi connectivity index (χ0) is 13.1. The first kappa shape index (κ1) is 14.4. The van der Waals surface area contributed by atoms with E-state index in [1.165, 1.54) is 15.7 Å². The molecule has 0 aromatic carbocycles. The molecule has 0 saturated carbocycles. The van der Waals surface area contributed by atoms with Crippen molar-refractivity contribution in [3.8, 4) is 6.07 Å². The Morgan fingerprint density at radius 1 is 1.53 bits per heavy atom. The Kier molecular flexibility index (Phi) is 4.89. The lowest BCUT2D eigenvalue weighted by atomic mass is 10.2. The largest absolute Gasteiger partial charge is 0.375 e. The molecule has 2 atom stereocenters. The van der Waals surface area contributed by atoms with Crippen LogP contribution in [0.2, 0.25) is 0 Å². The van der Waals surface area contributed by atoms with Gasteiger partial charge in [-0.05, 0) is 13.8 Å². The van der Waals surface area contributed by atoms with E-state index in [1.54, 1.807) is 0 Å². The van der Waals surface area contributed by atoms with Crippen molar-refractivity contribution >= 4 is 10.2 Å². The number of morpholine rings is 1. The maximum absolute atomic E-state index is 12.2. The second-order valence-corrected chi connectivity index (χ2v) is 6.29. The van der Waals surface area contributed by atoms with Gasteiger partial charge in [0.2, 0.25) is 0 Å². The second kappa shape index (κ2) is 5.78. The molecule has 1 rings (SSSR count). The average molecular weight is 261 g/mol. The van der Waals surface area contributed by atoms with Gasteiger partial charge in [-0.3, -0.25) is 0 Å². The molecule has 2 unspecified atom stereocenters. The number of nitrogens with zero attached hydrogens (tertiary/aromatic N) is 3. The van der Waals surface area contributed by atoms with Crippen LogP contribution < -0.4 is 0 Å². The van der Waals surface area contributed by atoms with Crippen LogP contribution in [-0.4, -0.2) is 55.9 Å². The molecule has 1 saturated heterocycles. The Morgan fingerprint density at radius 2 is 2.18 bits per heavy atom.